The van der Waals surface area contributed by atoms with E-state index in [0.29, 0.717) is 21.5 Å². The van der Waals surface area contributed by atoms with E-state index in [4.69, 9.17) is 8.83 Å². The van der Waals surface area contributed by atoms with Crippen molar-refractivity contribution in [2.45, 2.75) is 0 Å². The highest BCUT2D eigenvalue weighted by atomic mass is 33.1. The first-order chi connectivity index (χ1) is 16.5. The van der Waals surface area contributed by atoms with Crippen LogP contribution in [-0.2, 0) is 0 Å². The Labute approximate surface area is 200 Å². The molecule has 0 N–H and O–H groups in total. The highest BCUT2D eigenvalue weighted by molar-refractivity contribution is 8.87. The standard InChI is InChI=1S/C22H14N4O6S2/c27-25(28)19-13-11-17(31-19)21(23-15-7-3-1-4-8-15)33-34-22(24-16-9-5-2-6-10-16)18-12-14-20(32-18)26(29)30/h1-14H. The molecular formula is C22H14N4O6S2. The molecule has 4 aromatic rings. The number of furan rings is 2. The van der Waals surface area contributed by atoms with Gasteiger partial charge in [0.2, 0.25) is 0 Å². The number of rotatable bonds is 6. The molecule has 170 valence electrons. The van der Waals surface area contributed by atoms with Gasteiger partial charge in [0.1, 0.15) is 9.85 Å². The maximum absolute atomic E-state index is 11.1. The summed E-state index contributed by atoms with van der Waals surface area (Å²) < 4.78 is 10.7. The molecule has 0 aliphatic carbocycles. The smallest absolute Gasteiger partial charge is 0.398 e. The monoisotopic (exact) mass is 494 g/mol. The van der Waals surface area contributed by atoms with Crippen LogP contribution in [0.5, 0.6) is 0 Å². The van der Waals surface area contributed by atoms with Gasteiger partial charge in [-0.05, 0) is 58.0 Å². The molecule has 0 saturated carbocycles. The van der Waals surface area contributed by atoms with Crippen molar-refractivity contribution < 1.29 is 18.7 Å². The molecule has 4 rings (SSSR count). The lowest BCUT2D eigenvalue weighted by atomic mass is 10.3. The summed E-state index contributed by atoms with van der Waals surface area (Å²) in [6, 6.07) is 23.4. The predicted molar refractivity (Wildman–Crippen MR) is 131 cm³/mol. The fourth-order valence-corrected chi connectivity index (χ4v) is 4.65. The number of para-hydroxylation sites is 2. The summed E-state index contributed by atoms with van der Waals surface area (Å²) in [5.74, 6) is -0.447. The number of nitro groups is 2. The van der Waals surface area contributed by atoms with Gasteiger partial charge in [0.15, 0.2) is 21.6 Å². The van der Waals surface area contributed by atoms with E-state index >= 15 is 0 Å². The molecule has 34 heavy (non-hydrogen) atoms. The van der Waals surface area contributed by atoms with E-state index in [1.54, 1.807) is 24.3 Å². The third kappa shape index (κ3) is 5.79. The normalized spacial score (nSPS) is 12.0. The van der Waals surface area contributed by atoms with Gasteiger partial charge < -0.3 is 8.83 Å². The van der Waals surface area contributed by atoms with Crippen LogP contribution in [0.3, 0.4) is 0 Å². The average molecular weight is 495 g/mol. The van der Waals surface area contributed by atoms with Gasteiger partial charge >= 0.3 is 11.8 Å². The summed E-state index contributed by atoms with van der Waals surface area (Å²) in [7, 11) is 2.25. The van der Waals surface area contributed by atoms with E-state index in [1.807, 2.05) is 36.4 Å². The Bertz CT molecular complexity index is 1260. The van der Waals surface area contributed by atoms with Crippen LogP contribution in [-0.4, -0.2) is 19.9 Å². The molecule has 0 atom stereocenters. The second kappa shape index (κ2) is 10.6. The van der Waals surface area contributed by atoms with E-state index in [1.165, 1.54) is 24.3 Å². The third-order valence-corrected chi connectivity index (χ3v) is 6.32. The van der Waals surface area contributed by atoms with E-state index in [0.717, 1.165) is 21.6 Å². The summed E-state index contributed by atoms with van der Waals surface area (Å²) in [6.45, 7) is 0. The molecule has 0 radical (unpaired) electrons. The van der Waals surface area contributed by atoms with Crippen LogP contribution in [0.1, 0.15) is 11.5 Å². The average Bonchev–Trinajstić information content (AvgIpc) is 3.53. The Kier molecular flexibility index (Phi) is 7.20. The first-order valence-corrected chi connectivity index (χ1v) is 11.8. The molecule has 0 aliphatic heterocycles. The molecule has 0 unspecified atom stereocenters. The molecule has 2 heterocycles. The maximum Gasteiger partial charge on any atom is 0.433 e. The van der Waals surface area contributed by atoms with Gasteiger partial charge in [-0.2, -0.15) is 0 Å². The van der Waals surface area contributed by atoms with Crippen LogP contribution in [0.15, 0.2) is 104 Å². The highest BCUT2D eigenvalue weighted by Crippen LogP contribution is 2.36. The molecular weight excluding hydrogens is 480 g/mol. The van der Waals surface area contributed by atoms with Crippen LogP contribution in [0, 0.1) is 20.2 Å². The highest BCUT2D eigenvalue weighted by Gasteiger charge is 2.21. The van der Waals surface area contributed by atoms with E-state index in [2.05, 4.69) is 9.98 Å². The lowest BCUT2D eigenvalue weighted by Gasteiger charge is -2.05. The van der Waals surface area contributed by atoms with Crippen LogP contribution >= 0.6 is 21.6 Å². The minimum atomic E-state index is -0.633. The van der Waals surface area contributed by atoms with E-state index < -0.39 is 21.6 Å². The van der Waals surface area contributed by atoms with Crippen LogP contribution < -0.4 is 0 Å². The van der Waals surface area contributed by atoms with Crippen molar-refractivity contribution in [1.82, 2.24) is 0 Å². The van der Waals surface area contributed by atoms with Gasteiger partial charge in [-0.15, -0.1) is 0 Å². The number of aliphatic imine (C=N–C) groups is 2. The van der Waals surface area contributed by atoms with Gasteiger partial charge in [-0.1, -0.05) is 36.4 Å². The largest absolute Gasteiger partial charge is 0.433 e. The van der Waals surface area contributed by atoms with E-state index in [9.17, 15) is 20.2 Å². The lowest BCUT2D eigenvalue weighted by molar-refractivity contribution is -0.402. The summed E-state index contributed by atoms with van der Waals surface area (Å²) in [4.78, 5) is 30.0. The quantitative estimate of drug-likeness (QED) is 0.0925. The summed E-state index contributed by atoms with van der Waals surface area (Å²) >= 11 is 0. The molecule has 0 aliphatic rings. The third-order valence-electron chi connectivity index (χ3n) is 4.14. The first-order valence-electron chi connectivity index (χ1n) is 9.61. The molecule has 2 aromatic heterocycles. The van der Waals surface area contributed by atoms with Crippen LogP contribution in [0.2, 0.25) is 0 Å². The molecule has 2 aromatic carbocycles. The molecule has 12 heteroatoms. The van der Waals surface area contributed by atoms with Crippen molar-refractivity contribution in [3.63, 3.8) is 0 Å². The molecule has 0 bridgehead atoms. The zero-order chi connectivity index (χ0) is 23.9. The van der Waals surface area contributed by atoms with Crippen LogP contribution in [0.4, 0.5) is 23.1 Å². The second-order valence-corrected chi connectivity index (χ2v) is 8.57. The van der Waals surface area contributed by atoms with Crippen molar-refractivity contribution in [3.05, 3.63) is 117 Å². The van der Waals surface area contributed by atoms with E-state index in [-0.39, 0.29) is 11.5 Å². The van der Waals surface area contributed by atoms with Crippen molar-refractivity contribution in [3.8, 4) is 0 Å². The van der Waals surface area contributed by atoms with Gasteiger partial charge in [0.05, 0.1) is 23.5 Å². The SMILES string of the molecule is O=[N+]([O-])c1ccc(C(=Nc2ccccc2)SSC(=Nc2ccccc2)c2ccc([N+](=O)[O-])o2)o1. The van der Waals surface area contributed by atoms with Crippen molar-refractivity contribution in [2.75, 3.05) is 0 Å². The van der Waals surface area contributed by atoms with Crippen molar-refractivity contribution in [2.24, 2.45) is 9.98 Å². The predicted octanol–water partition coefficient (Wildman–Crippen LogP) is 6.93. The molecule has 10 nitrogen and oxygen atoms in total. The Hall–Kier alpha value is -4.16. The lowest BCUT2D eigenvalue weighted by Crippen LogP contribution is -1.96. The van der Waals surface area contributed by atoms with Crippen molar-refractivity contribution >= 4 is 54.8 Å². The number of hydrogen-bond acceptors (Lipinski definition) is 10. The second-order valence-electron chi connectivity index (χ2n) is 6.46. The van der Waals surface area contributed by atoms with Crippen LogP contribution in [0.25, 0.3) is 0 Å². The molecule has 0 spiro atoms. The molecule has 0 saturated heterocycles. The Morgan fingerprint density at radius 2 is 1.00 bits per heavy atom. The number of benzene rings is 2. The van der Waals surface area contributed by atoms with Gasteiger partial charge in [-0.25, -0.2) is 9.98 Å². The summed E-state index contributed by atoms with van der Waals surface area (Å²) in [5, 5.41) is 22.8. The zero-order valence-corrected chi connectivity index (χ0v) is 18.8. The Balaban J connectivity index is 1.69. The minimum absolute atomic E-state index is 0.192. The molecule has 0 amide bonds. The zero-order valence-electron chi connectivity index (χ0n) is 17.1. The first kappa shape index (κ1) is 23.0. The summed E-state index contributed by atoms with van der Waals surface area (Å²) in [5.41, 5.74) is 1.22. The molecule has 0 fully saturated rings. The fourth-order valence-electron chi connectivity index (χ4n) is 2.63. The Morgan fingerprint density at radius 3 is 1.32 bits per heavy atom. The van der Waals surface area contributed by atoms with Gasteiger partial charge in [-0.3, -0.25) is 20.2 Å². The van der Waals surface area contributed by atoms with Gasteiger partial charge in [0.25, 0.3) is 0 Å². The van der Waals surface area contributed by atoms with Crippen molar-refractivity contribution in [1.29, 1.82) is 0 Å². The number of nitrogens with zero attached hydrogens (tertiary/aromatic N) is 4. The number of hydrogen-bond donors (Lipinski definition) is 0. The fraction of sp³-hybridized carbons (Fsp3) is 0. The maximum atomic E-state index is 11.1. The van der Waals surface area contributed by atoms with Gasteiger partial charge in [0, 0.05) is 0 Å². The Morgan fingerprint density at radius 1 is 0.618 bits per heavy atom. The topological polar surface area (TPSA) is 137 Å². The summed E-state index contributed by atoms with van der Waals surface area (Å²) in [6.07, 6.45) is 0. The minimum Gasteiger partial charge on any atom is -0.398 e.